The number of amides is 1. The first-order chi connectivity index (χ1) is 8.99. The van der Waals surface area contributed by atoms with Crippen LogP contribution in [0.5, 0.6) is 0 Å². The summed E-state index contributed by atoms with van der Waals surface area (Å²) in [6.45, 7) is 3.64. The van der Waals surface area contributed by atoms with Crippen LogP contribution in [-0.2, 0) is 0 Å². The zero-order valence-electron chi connectivity index (χ0n) is 10.7. The third-order valence-electron chi connectivity index (χ3n) is 2.91. The molecule has 1 aromatic heterocycles. The molecule has 1 atom stereocenters. The molecule has 0 saturated heterocycles. The zero-order valence-corrected chi connectivity index (χ0v) is 11.5. The van der Waals surface area contributed by atoms with Crippen molar-refractivity contribution >= 4 is 23.2 Å². The van der Waals surface area contributed by atoms with E-state index in [2.05, 4.69) is 15.5 Å². The standard InChI is InChI=1S/C13H15ClN4O/c1-7(9-4-3-5-10(14)6-9)16-13(19)12-11(15)8(2)17-18-12/h3-7H,15H2,1-2H3,(H,16,19)(H,17,18). The van der Waals surface area contributed by atoms with Gasteiger partial charge in [-0.25, -0.2) is 0 Å². The van der Waals surface area contributed by atoms with Crippen molar-refractivity contribution in [1.82, 2.24) is 15.5 Å². The molecule has 0 saturated carbocycles. The minimum atomic E-state index is -0.311. The van der Waals surface area contributed by atoms with Gasteiger partial charge in [0.15, 0.2) is 5.69 Å². The van der Waals surface area contributed by atoms with Crippen molar-refractivity contribution in [2.75, 3.05) is 5.73 Å². The molecule has 5 nitrogen and oxygen atoms in total. The minimum Gasteiger partial charge on any atom is -0.395 e. The van der Waals surface area contributed by atoms with Crippen LogP contribution < -0.4 is 11.1 Å². The van der Waals surface area contributed by atoms with Crippen LogP contribution in [-0.4, -0.2) is 16.1 Å². The molecule has 100 valence electrons. The number of anilines is 1. The van der Waals surface area contributed by atoms with Gasteiger partial charge in [-0.3, -0.25) is 9.89 Å². The number of rotatable bonds is 3. The number of carbonyl (C=O) groups excluding carboxylic acids is 1. The molecule has 4 N–H and O–H groups in total. The highest BCUT2D eigenvalue weighted by Gasteiger charge is 2.17. The quantitative estimate of drug-likeness (QED) is 0.806. The summed E-state index contributed by atoms with van der Waals surface area (Å²) in [5.74, 6) is -0.311. The number of halogens is 1. The van der Waals surface area contributed by atoms with E-state index in [0.29, 0.717) is 16.4 Å². The third kappa shape index (κ3) is 2.88. The van der Waals surface area contributed by atoms with E-state index < -0.39 is 0 Å². The predicted molar refractivity (Wildman–Crippen MR) is 75.1 cm³/mol. The number of hydrogen-bond donors (Lipinski definition) is 3. The van der Waals surface area contributed by atoms with Crippen LogP contribution in [0.3, 0.4) is 0 Å². The first kappa shape index (κ1) is 13.4. The number of aromatic amines is 1. The van der Waals surface area contributed by atoms with Gasteiger partial charge in [0.1, 0.15) is 0 Å². The maximum atomic E-state index is 12.0. The highest BCUT2D eigenvalue weighted by atomic mass is 35.5. The summed E-state index contributed by atoms with van der Waals surface area (Å²) in [6, 6.07) is 7.16. The SMILES string of the molecule is Cc1[nH]nc(C(=O)NC(C)c2cccc(Cl)c2)c1N. The molecule has 0 aliphatic rings. The number of nitrogens with one attached hydrogen (secondary N) is 2. The Hall–Kier alpha value is -2.01. The molecule has 0 aliphatic heterocycles. The fourth-order valence-corrected chi connectivity index (χ4v) is 1.93. The molecule has 0 spiro atoms. The second kappa shape index (κ2) is 5.32. The van der Waals surface area contributed by atoms with Crippen LogP contribution in [0.2, 0.25) is 5.02 Å². The van der Waals surface area contributed by atoms with E-state index in [1.807, 2.05) is 25.1 Å². The fraction of sp³-hybridized carbons (Fsp3) is 0.231. The van der Waals surface area contributed by atoms with Gasteiger partial charge in [0.05, 0.1) is 17.4 Å². The summed E-state index contributed by atoms with van der Waals surface area (Å²) in [5.41, 5.74) is 7.96. The molecule has 1 aromatic carbocycles. The molecule has 0 aliphatic carbocycles. The molecule has 1 heterocycles. The average molecular weight is 279 g/mol. The van der Waals surface area contributed by atoms with Crippen molar-refractivity contribution < 1.29 is 4.79 Å². The smallest absolute Gasteiger partial charge is 0.274 e. The molecule has 1 amide bonds. The second-order valence-electron chi connectivity index (χ2n) is 4.36. The maximum Gasteiger partial charge on any atom is 0.274 e. The number of benzene rings is 1. The molecule has 6 heteroatoms. The summed E-state index contributed by atoms with van der Waals surface area (Å²) in [4.78, 5) is 12.0. The van der Waals surface area contributed by atoms with Crippen molar-refractivity contribution in [2.24, 2.45) is 0 Å². The van der Waals surface area contributed by atoms with Gasteiger partial charge in [-0.05, 0) is 31.5 Å². The third-order valence-corrected chi connectivity index (χ3v) is 3.14. The van der Waals surface area contributed by atoms with Gasteiger partial charge < -0.3 is 11.1 Å². The van der Waals surface area contributed by atoms with E-state index in [0.717, 1.165) is 5.56 Å². The van der Waals surface area contributed by atoms with Crippen LogP contribution in [0.25, 0.3) is 0 Å². The summed E-state index contributed by atoms with van der Waals surface area (Å²) in [7, 11) is 0. The van der Waals surface area contributed by atoms with Gasteiger partial charge in [0.25, 0.3) is 5.91 Å². The van der Waals surface area contributed by atoms with Gasteiger partial charge in [-0.15, -0.1) is 0 Å². The van der Waals surface area contributed by atoms with Crippen molar-refractivity contribution in [3.63, 3.8) is 0 Å². The normalized spacial score (nSPS) is 12.2. The Morgan fingerprint density at radius 3 is 2.84 bits per heavy atom. The number of nitrogens with zero attached hydrogens (tertiary/aromatic N) is 1. The van der Waals surface area contributed by atoms with Gasteiger partial charge in [0.2, 0.25) is 0 Å². The Bertz CT molecular complexity index is 608. The van der Waals surface area contributed by atoms with Crippen LogP contribution in [0.1, 0.15) is 34.7 Å². The molecule has 2 aromatic rings. The Morgan fingerprint density at radius 1 is 1.53 bits per heavy atom. The Balaban J connectivity index is 2.13. The molecule has 19 heavy (non-hydrogen) atoms. The minimum absolute atomic E-state index is 0.178. The maximum absolute atomic E-state index is 12.0. The predicted octanol–water partition coefficient (Wildman–Crippen LogP) is 2.44. The van der Waals surface area contributed by atoms with E-state index in [4.69, 9.17) is 17.3 Å². The van der Waals surface area contributed by atoms with Crippen LogP contribution >= 0.6 is 11.6 Å². The molecule has 0 bridgehead atoms. The van der Waals surface area contributed by atoms with E-state index in [9.17, 15) is 4.79 Å². The number of aromatic nitrogens is 2. The van der Waals surface area contributed by atoms with E-state index in [1.54, 1.807) is 13.0 Å². The van der Waals surface area contributed by atoms with Gasteiger partial charge in [0, 0.05) is 5.02 Å². The summed E-state index contributed by atoms with van der Waals surface area (Å²) in [5, 5.41) is 10.0. The van der Waals surface area contributed by atoms with Gasteiger partial charge >= 0.3 is 0 Å². The first-order valence-corrected chi connectivity index (χ1v) is 6.23. The average Bonchev–Trinajstić information content (AvgIpc) is 2.70. The number of hydrogen-bond acceptors (Lipinski definition) is 3. The van der Waals surface area contributed by atoms with E-state index in [1.165, 1.54) is 0 Å². The molecular weight excluding hydrogens is 264 g/mol. The lowest BCUT2D eigenvalue weighted by Gasteiger charge is -2.13. The van der Waals surface area contributed by atoms with Crippen LogP contribution in [0.15, 0.2) is 24.3 Å². The Labute approximate surface area is 116 Å². The van der Waals surface area contributed by atoms with E-state index >= 15 is 0 Å². The number of nitrogen functional groups attached to an aromatic ring is 1. The number of aryl methyl sites for hydroxylation is 1. The highest BCUT2D eigenvalue weighted by molar-refractivity contribution is 6.30. The number of H-pyrrole nitrogens is 1. The van der Waals surface area contributed by atoms with Crippen molar-refractivity contribution in [3.8, 4) is 0 Å². The number of carbonyl (C=O) groups is 1. The highest BCUT2D eigenvalue weighted by Crippen LogP contribution is 2.19. The monoisotopic (exact) mass is 278 g/mol. The lowest BCUT2D eigenvalue weighted by molar-refractivity contribution is 0.0935. The summed E-state index contributed by atoms with van der Waals surface area (Å²) >= 11 is 5.92. The Morgan fingerprint density at radius 2 is 2.26 bits per heavy atom. The van der Waals surface area contributed by atoms with Crippen molar-refractivity contribution in [3.05, 3.63) is 46.2 Å². The molecule has 2 rings (SSSR count). The van der Waals surface area contributed by atoms with Gasteiger partial charge in [-0.2, -0.15) is 5.10 Å². The van der Waals surface area contributed by atoms with Gasteiger partial charge in [-0.1, -0.05) is 23.7 Å². The first-order valence-electron chi connectivity index (χ1n) is 5.86. The molecular formula is C13H15ClN4O. The summed E-state index contributed by atoms with van der Waals surface area (Å²) < 4.78 is 0. The lowest BCUT2D eigenvalue weighted by Crippen LogP contribution is -2.27. The van der Waals surface area contributed by atoms with Crippen molar-refractivity contribution in [1.29, 1.82) is 0 Å². The molecule has 0 fully saturated rings. The lowest BCUT2D eigenvalue weighted by atomic mass is 10.1. The Kier molecular flexibility index (Phi) is 3.76. The largest absolute Gasteiger partial charge is 0.395 e. The zero-order chi connectivity index (χ0) is 14.0. The van der Waals surface area contributed by atoms with E-state index in [-0.39, 0.29) is 17.6 Å². The molecule has 1 unspecified atom stereocenters. The number of nitrogens with two attached hydrogens (primary N) is 1. The topological polar surface area (TPSA) is 83.8 Å². The van der Waals surface area contributed by atoms with Crippen LogP contribution in [0, 0.1) is 6.92 Å². The second-order valence-corrected chi connectivity index (χ2v) is 4.80. The van der Waals surface area contributed by atoms with Crippen molar-refractivity contribution in [2.45, 2.75) is 19.9 Å². The fourth-order valence-electron chi connectivity index (χ4n) is 1.74. The van der Waals surface area contributed by atoms with Crippen LogP contribution in [0.4, 0.5) is 5.69 Å². The molecule has 0 radical (unpaired) electrons. The summed E-state index contributed by atoms with van der Waals surface area (Å²) in [6.07, 6.45) is 0.